The van der Waals surface area contributed by atoms with Gasteiger partial charge in [0.05, 0.1) is 33.0 Å². The molecule has 0 N–H and O–H groups in total. The summed E-state index contributed by atoms with van der Waals surface area (Å²) in [6.45, 7) is -1.79. The van der Waals surface area contributed by atoms with E-state index in [4.69, 9.17) is 21.8 Å². The first-order valence-corrected chi connectivity index (χ1v) is 3.97. The maximum atomic E-state index is 8.34. The van der Waals surface area contributed by atoms with Crippen LogP contribution in [0.3, 0.4) is 0 Å². The fourth-order valence-electron chi connectivity index (χ4n) is 0.968. The Morgan fingerprint density at radius 1 is 1.46 bits per heavy atom. The molecule has 0 aliphatic carbocycles. The third-order valence-corrected chi connectivity index (χ3v) is 1.40. The molecule has 76 valence electrons. The molecule has 2 aliphatic rings. The fraction of sp³-hybridized carbons (Fsp3) is 1.00. The van der Waals surface area contributed by atoms with Crippen LogP contribution >= 0.6 is 0 Å². The van der Waals surface area contributed by atoms with Crippen LogP contribution in [0.5, 0.6) is 0 Å². The number of rotatable bonds is 1. The Balaban J connectivity index is 2.73. The summed E-state index contributed by atoms with van der Waals surface area (Å²) in [5.74, 6) is -3.13. The minimum atomic E-state index is -3.24. The molecule has 0 aromatic rings. The van der Waals surface area contributed by atoms with Gasteiger partial charge < -0.3 is 14.2 Å². The van der Waals surface area contributed by atoms with Gasteiger partial charge in [-0.25, -0.2) is 0 Å². The molecule has 0 radical (unpaired) electrons. The molecular formula is C10H18O3. The summed E-state index contributed by atoms with van der Waals surface area (Å²) in [6, 6.07) is 0. The zero-order chi connectivity index (χ0) is 17.6. The van der Waals surface area contributed by atoms with Gasteiger partial charge in [0.1, 0.15) is 0 Å². The first-order chi connectivity index (χ1) is 9.37. The quantitative estimate of drug-likeness (QED) is 0.635. The smallest absolute Gasteiger partial charge is 0.163 e. The van der Waals surface area contributed by atoms with E-state index in [9.17, 15) is 0 Å². The van der Waals surface area contributed by atoms with Crippen molar-refractivity contribution >= 4 is 0 Å². The van der Waals surface area contributed by atoms with Crippen LogP contribution in [0.1, 0.15) is 39.5 Å². The molecule has 2 fully saturated rings. The number of hydrogen-bond acceptors (Lipinski definition) is 3. The van der Waals surface area contributed by atoms with Gasteiger partial charge in [0, 0.05) is 10.0 Å². The van der Waals surface area contributed by atoms with Crippen molar-refractivity contribution in [3.63, 3.8) is 0 Å². The molecule has 0 aromatic carbocycles. The van der Waals surface area contributed by atoms with Gasteiger partial charge in [0.2, 0.25) is 0 Å². The lowest BCUT2D eigenvalue weighted by Gasteiger charge is -2.26. The molecule has 0 spiro atoms. The molecule has 13 heavy (non-hydrogen) atoms. The third kappa shape index (κ3) is 2.03. The minimum absolute atomic E-state index is 1.18. The van der Waals surface area contributed by atoms with E-state index < -0.39 is 43.3 Å². The summed E-state index contributed by atoms with van der Waals surface area (Å²) in [5, 5.41) is 0. The summed E-state index contributed by atoms with van der Waals surface area (Å²) >= 11 is 0. The summed E-state index contributed by atoms with van der Waals surface area (Å²) in [6.07, 6.45) is -9.34. The molecule has 3 atom stereocenters. The van der Waals surface area contributed by atoms with Crippen molar-refractivity contribution in [3.05, 3.63) is 0 Å². The van der Waals surface area contributed by atoms with E-state index in [1.165, 1.54) is 20.8 Å². The van der Waals surface area contributed by atoms with Crippen molar-refractivity contribution < 1.29 is 26.5 Å². The number of fused-ring (bicyclic) bond motifs is 1. The second-order valence-corrected chi connectivity index (χ2v) is 3.74. The van der Waals surface area contributed by atoms with Gasteiger partial charge in [0.25, 0.3) is 0 Å². The van der Waals surface area contributed by atoms with Crippen molar-refractivity contribution in [2.24, 2.45) is 5.89 Å². The van der Waals surface area contributed by atoms with Gasteiger partial charge >= 0.3 is 0 Å². The monoisotopic (exact) mass is 195 g/mol. The average molecular weight is 195 g/mol. The molecule has 0 unspecified atom stereocenters. The van der Waals surface area contributed by atoms with E-state index in [2.05, 4.69) is 4.74 Å². The first kappa shape index (κ1) is 3.47. The van der Waals surface area contributed by atoms with Crippen molar-refractivity contribution in [2.45, 2.75) is 45.1 Å². The van der Waals surface area contributed by atoms with Crippen LogP contribution in [-0.4, -0.2) is 31.1 Å². The highest BCUT2D eigenvalue weighted by molar-refractivity contribution is 4.85. The zero-order valence-electron chi connectivity index (χ0n) is 16.7. The topological polar surface area (TPSA) is 27.7 Å². The van der Waals surface area contributed by atoms with Crippen molar-refractivity contribution in [2.75, 3.05) is 13.1 Å². The summed E-state index contributed by atoms with van der Waals surface area (Å²) < 4.78 is 85.7. The van der Waals surface area contributed by atoms with Crippen molar-refractivity contribution in [1.29, 1.82) is 0 Å². The van der Waals surface area contributed by atoms with Gasteiger partial charge in [-0.1, -0.05) is 0 Å². The van der Waals surface area contributed by atoms with E-state index in [1.807, 2.05) is 0 Å². The summed E-state index contributed by atoms with van der Waals surface area (Å²) in [5.41, 5.74) is -1.18. The molecule has 2 rings (SSSR count). The Kier molecular flexibility index (Phi) is 0.862. The lowest BCUT2D eigenvalue weighted by molar-refractivity contribution is -0.0929. The number of ether oxygens (including phenoxy) is 3. The lowest BCUT2D eigenvalue weighted by atomic mass is 10.0. The van der Waals surface area contributed by atoms with Crippen LogP contribution in [0.15, 0.2) is 0 Å². The van der Waals surface area contributed by atoms with E-state index in [0.29, 0.717) is 0 Å². The number of hydrogen-bond donors (Lipinski definition) is 0. The zero-order valence-corrected chi connectivity index (χ0v) is 7.72. The van der Waals surface area contributed by atoms with Crippen LogP contribution in [0, 0.1) is 5.89 Å². The molecule has 3 nitrogen and oxygen atoms in total. The average Bonchev–Trinajstić information content (AvgIpc) is 2.37. The van der Waals surface area contributed by atoms with E-state index >= 15 is 0 Å². The van der Waals surface area contributed by atoms with Gasteiger partial charge in [-0.05, 0) is 27.1 Å². The summed E-state index contributed by atoms with van der Waals surface area (Å²) in [7, 11) is 0. The standard InChI is InChI=1S/C10H18O3/c1-10(2,3)13-8-6-12-9-7(8)4-5-11-9/h7-9H,4-6H2,1-3H3/t7-,8-,9+/m0/s1/i4D2,5D2,6D2,7D,8D,9D. The highest BCUT2D eigenvalue weighted by Crippen LogP contribution is 2.34. The van der Waals surface area contributed by atoms with Crippen LogP contribution < -0.4 is 0 Å². The summed E-state index contributed by atoms with van der Waals surface area (Å²) in [4.78, 5) is 0. The first-order valence-electron chi connectivity index (χ1n) is 8.47. The van der Waals surface area contributed by atoms with Crippen LogP contribution in [0.4, 0.5) is 0 Å². The Morgan fingerprint density at radius 2 is 2.23 bits per heavy atom. The fourth-order valence-corrected chi connectivity index (χ4v) is 0.968. The molecule has 2 aliphatic heterocycles. The highest BCUT2D eigenvalue weighted by Gasteiger charge is 2.43. The van der Waals surface area contributed by atoms with Crippen molar-refractivity contribution in [3.8, 4) is 0 Å². The molecule has 0 bridgehead atoms. The van der Waals surface area contributed by atoms with Gasteiger partial charge in [0.15, 0.2) is 6.27 Å². The van der Waals surface area contributed by atoms with Crippen LogP contribution in [0.25, 0.3) is 0 Å². The van der Waals surface area contributed by atoms with E-state index in [1.54, 1.807) is 0 Å². The van der Waals surface area contributed by atoms with Crippen LogP contribution in [-0.2, 0) is 14.2 Å². The Hall–Kier alpha value is -0.120. The molecule has 3 heteroatoms. The minimum Gasteiger partial charge on any atom is -0.370 e. The predicted molar refractivity (Wildman–Crippen MR) is 48.4 cm³/mol. The Bertz CT molecular complexity index is 504. The maximum Gasteiger partial charge on any atom is 0.163 e. The predicted octanol–water partition coefficient (Wildman–Crippen LogP) is 1.56. The lowest BCUT2D eigenvalue weighted by Crippen LogP contribution is -2.32. The molecule has 0 amide bonds. The largest absolute Gasteiger partial charge is 0.370 e. The van der Waals surface area contributed by atoms with Gasteiger partial charge in [-0.2, -0.15) is 0 Å². The highest BCUT2D eigenvalue weighted by atomic mass is 16.7. The molecular weight excluding hydrogens is 168 g/mol. The third-order valence-electron chi connectivity index (χ3n) is 1.40. The van der Waals surface area contributed by atoms with Gasteiger partial charge in [-0.15, -0.1) is 0 Å². The molecule has 0 aromatic heterocycles. The second kappa shape index (κ2) is 3.23. The van der Waals surface area contributed by atoms with Crippen molar-refractivity contribution in [1.82, 2.24) is 0 Å². The normalized spacial score (nSPS) is 78.2. The SMILES string of the molecule is [2H]C1([2H])O[C@]2([2H])OC([2H])([2H])[C@]([2H])(OC(C)(C)C)[C@]2([2H])C1([2H])[2H]. The van der Waals surface area contributed by atoms with Gasteiger partial charge in [-0.3, -0.25) is 0 Å². The van der Waals surface area contributed by atoms with E-state index in [0.717, 1.165) is 0 Å². The Morgan fingerprint density at radius 3 is 2.92 bits per heavy atom. The Labute approximate surface area is 92.0 Å². The van der Waals surface area contributed by atoms with Crippen LogP contribution in [0.2, 0.25) is 0 Å². The second-order valence-electron chi connectivity index (χ2n) is 3.74. The molecule has 2 heterocycles. The van der Waals surface area contributed by atoms with E-state index in [-0.39, 0.29) is 0 Å². The molecule has 2 saturated heterocycles. The molecule has 0 saturated carbocycles. The maximum absolute atomic E-state index is 8.34.